The number of carbonyl (C=O) groups is 1. The summed E-state index contributed by atoms with van der Waals surface area (Å²) in [4.78, 5) is 13.3. The molecule has 2 heterocycles. The van der Waals surface area contributed by atoms with Crippen molar-refractivity contribution in [3.63, 3.8) is 0 Å². The standard InChI is InChI=1S/C16H19N3O2/c1-3-17-15(12-6-7-21-10-12)11-4-5-14-13(8-11)9-19(2)16(20)18-14/h4-8,10,15,17H,3,9H2,1-2H3,(H,18,20). The molecule has 0 saturated carbocycles. The van der Waals surface area contributed by atoms with Crippen LogP contribution in [-0.4, -0.2) is 24.5 Å². The molecule has 21 heavy (non-hydrogen) atoms. The van der Waals surface area contributed by atoms with E-state index in [9.17, 15) is 4.79 Å². The number of carbonyl (C=O) groups excluding carboxylic acids is 1. The van der Waals surface area contributed by atoms with Crippen LogP contribution in [0.25, 0.3) is 0 Å². The summed E-state index contributed by atoms with van der Waals surface area (Å²) in [7, 11) is 1.79. The SMILES string of the molecule is CCNC(c1ccoc1)c1ccc2c(c1)CN(C)C(=O)N2. The van der Waals surface area contributed by atoms with Crippen LogP contribution in [0.4, 0.5) is 10.5 Å². The van der Waals surface area contributed by atoms with Gasteiger partial charge in [0, 0.05) is 24.8 Å². The molecule has 0 spiro atoms. The molecule has 110 valence electrons. The Morgan fingerprint density at radius 2 is 2.24 bits per heavy atom. The Labute approximate surface area is 123 Å². The maximum Gasteiger partial charge on any atom is 0.321 e. The maximum atomic E-state index is 11.7. The van der Waals surface area contributed by atoms with Crippen molar-refractivity contribution < 1.29 is 9.21 Å². The van der Waals surface area contributed by atoms with Crippen LogP contribution in [0.5, 0.6) is 0 Å². The quantitative estimate of drug-likeness (QED) is 0.908. The largest absolute Gasteiger partial charge is 0.472 e. The van der Waals surface area contributed by atoms with Gasteiger partial charge in [0.25, 0.3) is 0 Å². The molecule has 1 aliphatic rings. The normalized spacial score (nSPS) is 15.5. The van der Waals surface area contributed by atoms with Crippen LogP contribution in [0.1, 0.15) is 29.7 Å². The van der Waals surface area contributed by atoms with Gasteiger partial charge >= 0.3 is 6.03 Å². The van der Waals surface area contributed by atoms with Crippen molar-refractivity contribution in [3.8, 4) is 0 Å². The minimum Gasteiger partial charge on any atom is -0.472 e. The zero-order valence-electron chi connectivity index (χ0n) is 12.2. The summed E-state index contributed by atoms with van der Waals surface area (Å²) >= 11 is 0. The van der Waals surface area contributed by atoms with Crippen molar-refractivity contribution in [3.05, 3.63) is 53.5 Å². The van der Waals surface area contributed by atoms with Crippen molar-refractivity contribution in [2.24, 2.45) is 0 Å². The van der Waals surface area contributed by atoms with E-state index >= 15 is 0 Å². The van der Waals surface area contributed by atoms with Gasteiger partial charge in [-0.1, -0.05) is 19.1 Å². The van der Waals surface area contributed by atoms with E-state index in [4.69, 9.17) is 4.42 Å². The highest BCUT2D eigenvalue weighted by atomic mass is 16.3. The zero-order valence-corrected chi connectivity index (χ0v) is 12.2. The first-order chi connectivity index (χ1) is 10.2. The Hall–Kier alpha value is -2.27. The molecule has 0 saturated heterocycles. The van der Waals surface area contributed by atoms with Crippen LogP contribution >= 0.6 is 0 Å². The van der Waals surface area contributed by atoms with Gasteiger partial charge in [-0.05, 0) is 29.8 Å². The number of anilines is 1. The van der Waals surface area contributed by atoms with Gasteiger partial charge in [-0.3, -0.25) is 0 Å². The van der Waals surface area contributed by atoms with Crippen LogP contribution in [0.15, 0.2) is 41.2 Å². The lowest BCUT2D eigenvalue weighted by molar-refractivity contribution is 0.218. The molecule has 0 bridgehead atoms. The molecule has 2 N–H and O–H groups in total. The number of nitrogens with zero attached hydrogens (tertiary/aromatic N) is 1. The van der Waals surface area contributed by atoms with E-state index < -0.39 is 0 Å². The fraction of sp³-hybridized carbons (Fsp3) is 0.312. The molecule has 2 aromatic rings. The lowest BCUT2D eigenvalue weighted by Crippen LogP contribution is -2.35. The van der Waals surface area contributed by atoms with Gasteiger partial charge in [0.15, 0.2) is 0 Å². The third-order valence-electron chi connectivity index (χ3n) is 3.74. The van der Waals surface area contributed by atoms with E-state index in [2.05, 4.69) is 23.6 Å². The molecule has 5 heteroatoms. The van der Waals surface area contributed by atoms with Gasteiger partial charge in [-0.25, -0.2) is 4.79 Å². The Kier molecular flexibility index (Phi) is 3.66. The summed E-state index contributed by atoms with van der Waals surface area (Å²) < 4.78 is 5.20. The Bertz CT molecular complexity index is 637. The summed E-state index contributed by atoms with van der Waals surface area (Å²) in [5, 5.41) is 6.36. The van der Waals surface area contributed by atoms with E-state index in [1.54, 1.807) is 24.5 Å². The molecular formula is C16H19N3O2. The first-order valence-corrected chi connectivity index (χ1v) is 7.09. The summed E-state index contributed by atoms with van der Waals surface area (Å²) in [6.45, 7) is 3.57. The van der Waals surface area contributed by atoms with Crippen LogP contribution in [0.3, 0.4) is 0 Å². The van der Waals surface area contributed by atoms with Crippen molar-refractivity contribution in [1.29, 1.82) is 0 Å². The minimum atomic E-state index is -0.0617. The highest BCUT2D eigenvalue weighted by Crippen LogP contribution is 2.29. The molecular weight excluding hydrogens is 266 g/mol. The number of fused-ring (bicyclic) bond motifs is 1. The number of amides is 2. The van der Waals surface area contributed by atoms with Crippen LogP contribution < -0.4 is 10.6 Å². The number of nitrogens with one attached hydrogen (secondary N) is 2. The highest BCUT2D eigenvalue weighted by Gasteiger charge is 2.21. The maximum absolute atomic E-state index is 11.7. The second-order valence-electron chi connectivity index (χ2n) is 5.25. The summed E-state index contributed by atoms with van der Waals surface area (Å²) in [6.07, 6.45) is 3.45. The van der Waals surface area contributed by atoms with Gasteiger partial charge in [-0.15, -0.1) is 0 Å². The molecule has 1 aromatic heterocycles. The molecule has 1 aromatic carbocycles. The lowest BCUT2D eigenvalue weighted by Gasteiger charge is -2.27. The molecule has 1 atom stereocenters. The number of rotatable bonds is 4. The molecule has 3 rings (SSSR count). The summed E-state index contributed by atoms with van der Waals surface area (Å²) in [6, 6.07) is 8.17. The van der Waals surface area contributed by atoms with Gasteiger partial charge in [-0.2, -0.15) is 0 Å². The van der Waals surface area contributed by atoms with Crippen molar-refractivity contribution in [1.82, 2.24) is 10.2 Å². The minimum absolute atomic E-state index is 0.0617. The van der Waals surface area contributed by atoms with Crippen molar-refractivity contribution in [2.45, 2.75) is 19.5 Å². The average molecular weight is 285 g/mol. The first-order valence-electron chi connectivity index (χ1n) is 7.09. The number of hydrogen-bond acceptors (Lipinski definition) is 3. The van der Waals surface area contributed by atoms with E-state index in [1.807, 2.05) is 18.2 Å². The Morgan fingerprint density at radius 1 is 1.38 bits per heavy atom. The number of hydrogen-bond donors (Lipinski definition) is 2. The number of urea groups is 1. The molecule has 0 radical (unpaired) electrons. The predicted molar refractivity (Wildman–Crippen MR) is 81.2 cm³/mol. The lowest BCUT2D eigenvalue weighted by atomic mass is 9.97. The third kappa shape index (κ3) is 2.64. The van der Waals surface area contributed by atoms with Gasteiger partial charge < -0.3 is 20.0 Å². The summed E-state index contributed by atoms with van der Waals surface area (Å²) in [5.41, 5.74) is 4.29. The van der Waals surface area contributed by atoms with E-state index in [0.29, 0.717) is 6.54 Å². The third-order valence-corrected chi connectivity index (χ3v) is 3.74. The van der Waals surface area contributed by atoms with Crippen molar-refractivity contribution >= 4 is 11.7 Å². The van der Waals surface area contributed by atoms with Gasteiger partial charge in [0.1, 0.15) is 0 Å². The van der Waals surface area contributed by atoms with Crippen molar-refractivity contribution in [2.75, 3.05) is 18.9 Å². The molecule has 1 aliphatic heterocycles. The Morgan fingerprint density at radius 3 is 2.95 bits per heavy atom. The molecule has 5 nitrogen and oxygen atoms in total. The zero-order chi connectivity index (χ0) is 14.8. The number of furan rings is 1. The smallest absolute Gasteiger partial charge is 0.321 e. The second-order valence-corrected chi connectivity index (χ2v) is 5.25. The van der Waals surface area contributed by atoms with Crippen LogP contribution in [0, 0.1) is 0 Å². The van der Waals surface area contributed by atoms with Crippen LogP contribution in [0.2, 0.25) is 0 Å². The predicted octanol–water partition coefficient (Wildman–Crippen LogP) is 2.96. The average Bonchev–Trinajstić information content (AvgIpc) is 2.99. The van der Waals surface area contributed by atoms with E-state index in [1.165, 1.54) is 5.56 Å². The molecule has 0 aliphatic carbocycles. The summed E-state index contributed by atoms with van der Waals surface area (Å²) in [5.74, 6) is 0. The number of benzene rings is 1. The van der Waals surface area contributed by atoms with Gasteiger partial charge in [0.05, 0.1) is 18.6 Å². The van der Waals surface area contributed by atoms with Gasteiger partial charge in [0.2, 0.25) is 0 Å². The second kappa shape index (κ2) is 5.61. The Balaban J connectivity index is 1.95. The topological polar surface area (TPSA) is 57.5 Å². The van der Waals surface area contributed by atoms with Crippen LogP contribution in [-0.2, 0) is 6.54 Å². The van der Waals surface area contributed by atoms with E-state index in [0.717, 1.165) is 23.4 Å². The molecule has 2 amide bonds. The molecule has 1 unspecified atom stereocenters. The first kappa shape index (κ1) is 13.7. The highest BCUT2D eigenvalue weighted by molar-refractivity contribution is 5.92. The molecule has 0 fully saturated rings. The fourth-order valence-electron chi connectivity index (χ4n) is 2.66. The van der Waals surface area contributed by atoms with E-state index in [-0.39, 0.29) is 12.1 Å². The monoisotopic (exact) mass is 285 g/mol. The fourth-order valence-corrected chi connectivity index (χ4v) is 2.66.